The zero-order valence-corrected chi connectivity index (χ0v) is 45.2. The van der Waals surface area contributed by atoms with Crippen LogP contribution in [0.15, 0.2) is 279 Å². The van der Waals surface area contributed by atoms with E-state index in [2.05, 4.69) is 267 Å². The molecule has 12 aromatic rings. The van der Waals surface area contributed by atoms with Crippen molar-refractivity contribution in [1.82, 2.24) is 0 Å². The average molecular weight is 1070 g/mol. The molecule has 16 rings (SSSR count). The van der Waals surface area contributed by atoms with Gasteiger partial charge in [-0.2, -0.15) is 5.26 Å². The number of benzene rings is 12. The number of hydrogen-bond acceptors (Lipinski definition) is 7. The Hall–Kier alpha value is -11.5. The lowest BCUT2D eigenvalue weighted by Crippen LogP contribution is -2.63. The van der Waals surface area contributed by atoms with E-state index in [-0.39, 0.29) is 13.4 Å². The monoisotopic (exact) mass is 1070 g/mol. The lowest BCUT2D eigenvalue weighted by atomic mass is 9.30. The van der Waals surface area contributed by atoms with Gasteiger partial charge in [0, 0.05) is 80.1 Å². The molecular weight excluding hydrogens is 1030 g/mol. The molecule has 0 amide bonds. The lowest BCUT2D eigenvalue weighted by molar-refractivity contribution is 0.469. The van der Waals surface area contributed by atoms with Crippen LogP contribution in [0.4, 0.5) is 73.9 Å². The van der Waals surface area contributed by atoms with Gasteiger partial charge in [-0.1, -0.05) is 164 Å². The molecule has 0 bridgehead atoms. The van der Waals surface area contributed by atoms with Crippen LogP contribution in [-0.2, 0) is 0 Å². The third-order valence-corrected chi connectivity index (χ3v) is 16.7. The molecule has 0 N–H and O–H groups in total. The summed E-state index contributed by atoms with van der Waals surface area (Å²) in [6, 6.07) is 99.3. The third kappa shape index (κ3) is 7.55. The van der Waals surface area contributed by atoms with Crippen LogP contribution in [0.2, 0.25) is 0 Å². The Morgan fingerprint density at radius 1 is 0.369 bits per heavy atom. The molecule has 0 atom stereocenters. The Kier molecular flexibility index (Phi) is 11.3. The second kappa shape index (κ2) is 19.7. The maximum atomic E-state index is 11.3. The number of anilines is 12. The molecule has 4 aliphatic rings. The van der Waals surface area contributed by atoms with Gasteiger partial charge in [0.25, 0.3) is 13.4 Å². The Bertz CT molecular complexity index is 4310. The van der Waals surface area contributed by atoms with Gasteiger partial charge in [-0.05, 0) is 136 Å². The van der Waals surface area contributed by atoms with Crippen LogP contribution in [0.25, 0.3) is 16.0 Å². The van der Waals surface area contributed by atoms with Crippen LogP contribution < -0.4 is 61.9 Å². The normalized spacial score (nSPS) is 12.6. The van der Waals surface area contributed by atoms with Crippen molar-refractivity contribution in [2.45, 2.75) is 0 Å². The van der Waals surface area contributed by atoms with Gasteiger partial charge in [0.15, 0.2) is 5.69 Å². The van der Waals surface area contributed by atoms with Crippen LogP contribution in [-0.4, -0.2) is 13.4 Å². The third-order valence-electron chi connectivity index (χ3n) is 16.7. The molecule has 0 unspecified atom stereocenters. The first kappa shape index (κ1) is 48.5. The summed E-state index contributed by atoms with van der Waals surface area (Å²) in [4.78, 5) is 13.5. The fourth-order valence-electron chi connectivity index (χ4n) is 13.3. The van der Waals surface area contributed by atoms with E-state index in [1.807, 2.05) is 24.3 Å². The van der Waals surface area contributed by atoms with E-state index in [1.54, 1.807) is 18.2 Å². The minimum absolute atomic E-state index is 0.314. The van der Waals surface area contributed by atoms with Crippen LogP contribution in [0.3, 0.4) is 0 Å². The van der Waals surface area contributed by atoms with E-state index in [9.17, 15) is 5.26 Å². The van der Waals surface area contributed by atoms with Gasteiger partial charge in [-0.3, -0.25) is 0 Å². The Balaban J connectivity index is 1.02. The summed E-state index contributed by atoms with van der Waals surface area (Å²) in [6.45, 7) is 8.08. The molecule has 0 radical (unpaired) electrons. The Morgan fingerprint density at radius 3 is 1.14 bits per heavy atom. The summed E-state index contributed by atoms with van der Waals surface area (Å²) in [7, 11) is 0. The highest BCUT2D eigenvalue weighted by Gasteiger charge is 2.49. The van der Waals surface area contributed by atoms with Crippen molar-refractivity contribution < 1.29 is 9.47 Å². The highest BCUT2D eigenvalue weighted by molar-refractivity contribution is 7.02. The van der Waals surface area contributed by atoms with Gasteiger partial charge in [0.1, 0.15) is 23.0 Å². The maximum absolute atomic E-state index is 11.3. The molecule has 4 aliphatic heterocycles. The first-order chi connectivity index (χ1) is 41.6. The molecule has 12 aromatic carbocycles. The van der Waals surface area contributed by atoms with Gasteiger partial charge in [-0.25, -0.2) is 4.85 Å². The smallest absolute Gasteiger partial charge is 0.256 e. The van der Waals surface area contributed by atoms with Crippen LogP contribution >= 0.6 is 0 Å². The van der Waals surface area contributed by atoms with E-state index in [1.165, 1.54) is 0 Å². The van der Waals surface area contributed by atoms with Crippen molar-refractivity contribution in [2.24, 2.45) is 0 Å². The molecule has 0 spiro atoms. The number of nitrogens with zero attached hydrogens (tertiary/aromatic N) is 6. The Morgan fingerprint density at radius 2 is 0.750 bits per heavy atom. The number of hydrogen-bond donors (Lipinski definition) is 0. The fraction of sp³-hybridized carbons (Fsp3) is 0. The van der Waals surface area contributed by atoms with Gasteiger partial charge in [0.05, 0.1) is 29.6 Å². The van der Waals surface area contributed by atoms with E-state index in [4.69, 9.17) is 16.0 Å². The van der Waals surface area contributed by atoms with Crippen LogP contribution in [0.5, 0.6) is 23.0 Å². The molecule has 0 saturated heterocycles. The van der Waals surface area contributed by atoms with Crippen molar-refractivity contribution in [3.63, 3.8) is 0 Å². The number of para-hydroxylation sites is 8. The predicted molar refractivity (Wildman–Crippen MR) is 344 cm³/mol. The van der Waals surface area contributed by atoms with Crippen LogP contribution in [0, 0.1) is 17.9 Å². The summed E-state index contributed by atoms with van der Waals surface area (Å²) >= 11 is 0. The maximum Gasteiger partial charge on any atom is 0.256 e. The minimum Gasteiger partial charge on any atom is -0.458 e. The highest BCUT2D eigenvalue weighted by Crippen LogP contribution is 2.53. The molecule has 0 fully saturated rings. The highest BCUT2D eigenvalue weighted by atomic mass is 16.5. The first-order valence-electron chi connectivity index (χ1n) is 28.2. The van der Waals surface area contributed by atoms with Gasteiger partial charge in [0.2, 0.25) is 0 Å². The summed E-state index contributed by atoms with van der Waals surface area (Å²) in [5.41, 5.74) is 19.4. The van der Waals surface area contributed by atoms with Crippen molar-refractivity contribution in [3.05, 3.63) is 296 Å². The van der Waals surface area contributed by atoms with Crippen molar-refractivity contribution >= 4 is 120 Å². The van der Waals surface area contributed by atoms with Crippen molar-refractivity contribution in [2.75, 3.05) is 19.6 Å². The molecule has 0 saturated carbocycles. The second-order valence-corrected chi connectivity index (χ2v) is 21.3. The first-order valence-corrected chi connectivity index (χ1v) is 28.2. The van der Waals surface area contributed by atoms with Gasteiger partial charge >= 0.3 is 0 Å². The molecule has 390 valence electrons. The summed E-state index contributed by atoms with van der Waals surface area (Å²) in [5, 5.41) is 11.3. The second-order valence-electron chi connectivity index (χ2n) is 21.3. The fourth-order valence-corrected chi connectivity index (χ4v) is 13.3. The Labute approximate surface area is 488 Å². The number of rotatable bonds is 9. The van der Waals surface area contributed by atoms with Crippen molar-refractivity contribution in [3.8, 4) is 40.2 Å². The lowest BCUT2D eigenvalue weighted by Gasteiger charge is -2.43. The number of fused-ring (bicyclic) bond motifs is 8. The minimum atomic E-state index is -0.381. The SMILES string of the molecule is [C-]#[N+]c1cccc(C#N)c1-c1c2c(cc3c1Oc1cc(N(c4ccccc4)c4ccccc4)cc4c1B3c1ccccc1N4c1ccccc1)B1c3ccccc3N(c3ccccc3)c3cc(N(c4ccccc4)c4ccccc4)cc(c31)O2. The molecule has 0 aliphatic carbocycles. The molecule has 84 heavy (non-hydrogen) atoms. The predicted octanol–water partition coefficient (Wildman–Crippen LogP) is 15.5. The molecule has 4 heterocycles. The molecule has 0 aromatic heterocycles. The summed E-state index contributed by atoms with van der Waals surface area (Å²) in [6.07, 6.45) is 0. The molecule has 8 nitrogen and oxygen atoms in total. The summed E-state index contributed by atoms with van der Waals surface area (Å²) < 4.78 is 15.6. The van der Waals surface area contributed by atoms with Crippen LogP contribution in [0.1, 0.15) is 5.56 Å². The zero-order valence-electron chi connectivity index (χ0n) is 45.2. The van der Waals surface area contributed by atoms with E-state index < -0.39 is 0 Å². The number of nitriles is 1. The van der Waals surface area contributed by atoms with E-state index in [0.717, 1.165) is 101 Å². The topological polar surface area (TPSA) is 59.6 Å². The number of ether oxygens (including phenoxy) is 2. The van der Waals surface area contributed by atoms with Gasteiger partial charge in [-0.15, -0.1) is 0 Å². The van der Waals surface area contributed by atoms with E-state index in [0.29, 0.717) is 45.4 Å². The van der Waals surface area contributed by atoms with E-state index >= 15 is 0 Å². The average Bonchev–Trinajstić information content (AvgIpc) is 0.755. The van der Waals surface area contributed by atoms with Gasteiger partial charge < -0.3 is 29.1 Å². The quantitative estimate of drug-likeness (QED) is 0.105. The molecular formula is C74H46B2N6O2. The molecule has 10 heteroatoms. The van der Waals surface area contributed by atoms with Crippen molar-refractivity contribution in [1.29, 1.82) is 5.26 Å². The standard InChI is InChI=1S/C74H46B2N6O2/c1-78-62-40-24-25-49(48-77)69(62)70-73-60(75-58-38-20-22-41-63(58)81(54-34-16-6-17-35-54)65-43-56(45-67(83-73)71(65)75)79(50-26-8-2-9-27-50)51-28-10-3-11-29-51)47-61-74(70)84-68-46-57(80(52-30-12-4-13-31-52)53-32-14-5-15-33-53)44-66-72(68)76(61)59-39-21-23-42-64(59)82(66)55-36-18-7-19-37-55/h2-47H. The largest absolute Gasteiger partial charge is 0.458 e. The zero-order chi connectivity index (χ0) is 55.8. The summed E-state index contributed by atoms with van der Waals surface area (Å²) in [5.74, 6) is 2.36.